The highest BCUT2D eigenvalue weighted by molar-refractivity contribution is 5.13. The van der Waals surface area contributed by atoms with Gasteiger partial charge < -0.3 is 9.64 Å². The highest BCUT2D eigenvalue weighted by atomic mass is 16.5. The zero-order valence-electron chi connectivity index (χ0n) is 11.6. The van der Waals surface area contributed by atoms with Crippen LogP contribution >= 0.6 is 0 Å². The van der Waals surface area contributed by atoms with Crippen LogP contribution in [0.3, 0.4) is 0 Å². The molecule has 2 rings (SSSR count). The van der Waals surface area contributed by atoms with Crippen molar-refractivity contribution in [3.8, 4) is 0 Å². The molecule has 1 aromatic rings. The van der Waals surface area contributed by atoms with Crippen LogP contribution < -0.4 is 0 Å². The van der Waals surface area contributed by atoms with E-state index < -0.39 is 0 Å². The molecular formula is C16H25NO. The fourth-order valence-electron chi connectivity index (χ4n) is 2.56. The van der Waals surface area contributed by atoms with Crippen molar-refractivity contribution in [2.45, 2.75) is 51.9 Å². The molecule has 1 saturated heterocycles. The van der Waals surface area contributed by atoms with Crippen LogP contribution in [0.1, 0.15) is 38.7 Å². The molecule has 0 saturated carbocycles. The van der Waals surface area contributed by atoms with E-state index in [0.717, 1.165) is 6.61 Å². The Hall–Kier alpha value is -0.860. The van der Waals surface area contributed by atoms with Gasteiger partial charge in [0.25, 0.3) is 0 Å². The third-order valence-corrected chi connectivity index (χ3v) is 3.77. The predicted octanol–water partition coefficient (Wildman–Crippen LogP) is 3.47. The summed E-state index contributed by atoms with van der Waals surface area (Å²) in [5.74, 6) is 0. The Balaban J connectivity index is 1.77. The van der Waals surface area contributed by atoms with Gasteiger partial charge in [-0.25, -0.2) is 0 Å². The van der Waals surface area contributed by atoms with Gasteiger partial charge >= 0.3 is 0 Å². The van der Waals surface area contributed by atoms with Crippen LogP contribution in [0.5, 0.6) is 0 Å². The maximum absolute atomic E-state index is 6.05. The summed E-state index contributed by atoms with van der Waals surface area (Å²) in [6.07, 6.45) is 4.08. The second kappa shape index (κ2) is 6.91. The molecule has 0 aliphatic carbocycles. The lowest BCUT2D eigenvalue weighted by Crippen LogP contribution is -2.32. The Kier molecular flexibility index (Phi) is 5.21. The van der Waals surface area contributed by atoms with E-state index in [-0.39, 0.29) is 0 Å². The minimum absolute atomic E-state index is 0.439. The molecule has 1 atom stereocenters. The first-order valence-electron chi connectivity index (χ1n) is 7.15. The third-order valence-electron chi connectivity index (χ3n) is 3.77. The van der Waals surface area contributed by atoms with Crippen LogP contribution in [0.2, 0.25) is 0 Å². The van der Waals surface area contributed by atoms with Crippen molar-refractivity contribution >= 4 is 0 Å². The quantitative estimate of drug-likeness (QED) is 0.808. The van der Waals surface area contributed by atoms with Gasteiger partial charge in [-0.3, -0.25) is 0 Å². The summed E-state index contributed by atoms with van der Waals surface area (Å²) in [4.78, 5) is 2.56. The molecule has 2 heteroatoms. The van der Waals surface area contributed by atoms with Crippen LogP contribution in [0, 0.1) is 0 Å². The normalized spacial score (nSPS) is 22.1. The number of hydrogen-bond donors (Lipinski definition) is 0. The Morgan fingerprint density at radius 3 is 2.67 bits per heavy atom. The van der Waals surface area contributed by atoms with Crippen LogP contribution in [0.15, 0.2) is 30.3 Å². The minimum atomic E-state index is 0.439. The van der Waals surface area contributed by atoms with Gasteiger partial charge in [0.05, 0.1) is 12.7 Å². The average Bonchev–Trinajstić information content (AvgIpc) is 2.63. The average molecular weight is 247 g/mol. The lowest BCUT2D eigenvalue weighted by molar-refractivity contribution is 0.0306. The zero-order chi connectivity index (χ0) is 12.8. The standard InChI is InChI=1S/C16H25NO/c1-14(2)17-11-6-9-16(10-12-17)18-13-15-7-4-3-5-8-15/h3-5,7-8,14,16H,6,9-13H2,1-2H3. The minimum Gasteiger partial charge on any atom is -0.373 e. The fourth-order valence-corrected chi connectivity index (χ4v) is 2.56. The second-order valence-electron chi connectivity index (χ2n) is 5.48. The summed E-state index contributed by atoms with van der Waals surface area (Å²) < 4.78 is 6.05. The number of rotatable bonds is 4. The van der Waals surface area contributed by atoms with Crippen LogP contribution in [-0.4, -0.2) is 30.1 Å². The molecule has 0 amide bonds. The lowest BCUT2D eigenvalue weighted by atomic mass is 10.1. The fraction of sp³-hybridized carbons (Fsp3) is 0.625. The van der Waals surface area contributed by atoms with E-state index in [1.54, 1.807) is 0 Å². The van der Waals surface area contributed by atoms with Gasteiger partial charge in [0.15, 0.2) is 0 Å². The third kappa shape index (κ3) is 4.11. The van der Waals surface area contributed by atoms with E-state index in [9.17, 15) is 0 Å². The predicted molar refractivity (Wildman–Crippen MR) is 75.6 cm³/mol. The maximum atomic E-state index is 6.05. The largest absolute Gasteiger partial charge is 0.373 e. The van der Waals surface area contributed by atoms with Crippen molar-refractivity contribution in [1.82, 2.24) is 4.90 Å². The van der Waals surface area contributed by atoms with Crippen molar-refractivity contribution in [3.05, 3.63) is 35.9 Å². The van der Waals surface area contributed by atoms with Crippen molar-refractivity contribution in [1.29, 1.82) is 0 Å². The molecule has 1 fully saturated rings. The maximum Gasteiger partial charge on any atom is 0.0720 e. The number of likely N-dealkylation sites (tertiary alicyclic amines) is 1. The first-order valence-corrected chi connectivity index (χ1v) is 7.15. The van der Waals surface area contributed by atoms with E-state index >= 15 is 0 Å². The molecule has 1 aliphatic rings. The highest BCUT2D eigenvalue weighted by Crippen LogP contribution is 2.17. The lowest BCUT2D eigenvalue weighted by Gasteiger charge is -2.24. The molecule has 0 spiro atoms. The van der Waals surface area contributed by atoms with Crippen LogP contribution in [0.4, 0.5) is 0 Å². The van der Waals surface area contributed by atoms with Gasteiger partial charge in [-0.2, -0.15) is 0 Å². The number of ether oxygens (including phenoxy) is 1. The molecule has 0 radical (unpaired) electrons. The first-order chi connectivity index (χ1) is 8.75. The summed E-state index contributed by atoms with van der Waals surface area (Å²) in [5.41, 5.74) is 1.28. The number of hydrogen-bond acceptors (Lipinski definition) is 2. The Morgan fingerprint density at radius 1 is 1.17 bits per heavy atom. The molecule has 0 bridgehead atoms. The molecule has 1 aliphatic heterocycles. The molecule has 1 aromatic carbocycles. The number of benzene rings is 1. The van der Waals surface area contributed by atoms with Gasteiger partial charge in [-0.05, 0) is 45.2 Å². The Morgan fingerprint density at radius 2 is 1.94 bits per heavy atom. The van der Waals surface area contributed by atoms with Crippen molar-refractivity contribution in [3.63, 3.8) is 0 Å². The van der Waals surface area contributed by atoms with Gasteiger partial charge in [-0.15, -0.1) is 0 Å². The molecule has 2 nitrogen and oxygen atoms in total. The summed E-state index contributed by atoms with van der Waals surface area (Å²) in [7, 11) is 0. The molecule has 0 aromatic heterocycles. The SMILES string of the molecule is CC(C)N1CCCC(OCc2ccccc2)CC1. The van der Waals surface area contributed by atoms with E-state index in [1.165, 1.54) is 37.9 Å². The molecule has 1 heterocycles. The summed E-state index contributed by atoms with van der Waals surface area (Å²) in [6, 6.07) is 11.1. The molecule has 18 heavy (non-hydrogen) atoms. The molecular weight excluding hydrogens is 222 g/mol. The molecule has 1 unspecified atom stereocenters. The van der Waals surface area contributed by atoms with E-state index in [2.05, 4.69) is 49.1 Å². The Labute approximate surface area is 111 Å². The first kappa shape index (κ1) is 13.6. The summed E-state index contributed by atoms with van der Waals surface area (Å²) >= 11 is 0. The van der Waals surface area contributed by atoms with Gasteiger partial charge in [-0.1, -0.05) is 30.3 Å². The van der Waals surface area contributed by atoms with Gasteiger partial charge in [0.1, 0.15) is 0 Å². The van der Waals surface area contributed by atoms with E-state index in [0.29, 0.717) is 12.1 Å². The number of nitrogens with zero attached hydrogens (tertiary/aromatic N) is 1. The van der Waals surface area contributed by atoms with Crippen LogP contribution in [-0.2, 0) is 11.3 Å². The molecule has 0 N–H and O–H groups in total. The van der Waals surface area contributed by atoms with Gasteiger partial charge in [0.2, 0.25) is 0 Å². The van der Waals surface area contributed by atoms with Crippen molar-refractivity contribution in [2.24, 2.45) is 0 Å². The van der Waals surface area contributed by atoms with Crippen LogP contribution in [0.25, 0.3) is 0 Å². The van der Waals surface area contributed by atoms with E-state index in [4.69, 9.17) is 4.74 Å². The second-order valence-corrected chi connectivity index (χ2v) is 5.48. The zero-order valence-corrected chi connectivity index (χ0v) is 11.6. The van der Waals surface area contributed by atoms with E-state index in [1.807, 2.05) is 0 Å². The topological polar surface area (TPSA) is 12.5 Å². The van der Waals surface area contributed by atoms with Crippen molar-refractivity contribution in [2.75, 3.05) is 13.1 Å². The van der Waals surface area contributed by atoms with Gasteiger partial charge in [0, 0.05) is 12.6 Å². The summed E-state index contributed by atoms with van der Waals surface area (Å²) in [6.45, 7) is 7.73. The smallest absolute Gasteiger partial charge is 0.0720 e. The van der Waals surface area contributed by atoms with Crippen molar-refractivity contribution < 1.29 is 4.74 Å². The molecule has 100 valence electrons. The summed E-state index contributed by atoms with van der Waals surface area (Å²) in [5, 5.41) is 0. The monoisotopic (exact) mass is 247 g/mol. The Bertz CT molecular complexity index is 336. The highest BCUT2D eigenvalue weighted by Gasteiger charge is 2.18.